The number of rotatable bonds is 4. The Morgan fingerprint density at radius 1 is 1.48 bits per heavy atom. The number of carbonyl (C=O) groups is 3. The van der Waals surface area contributed by atoms with E-state index in [0.717, 1.165) is 17.7 Å². The van der Waals surface area contributed by atoms with Crippen LogP contribution in [0.1, 0.15) is 22.5 Å². The number of hydrogen-bond donors (Lipinski definition) is 1. The fraction of sp³-hybridized carbons (Fsp3) is 0.500. The molecule has 2 heterocycles. The molecule has 1 fully saturated rings. The van der Waals surface area contributed by atoms with Crippen LogP contribution in [-0.2, 0) is 4.79 Å². The maximum atomic E-state index is 12.3. The summed E-state index contributed by atoms with van der Waals surface area (Å²) in [5.41, 5.74) is 5.12. The van der Waals surface area contributed by atoms with Crippen LogP contribution in [0.15, 0.2) is 17.5 Å². The molecule has 0 radical (unpaired) electrons. The summed E-state index contributed by atoms with van der Waals surface area (Å²) >= 11 is 1.43. The number of nitrogens with two attached hydrogens (primary N) is 1. The molecule has 0 aliphatic carbocycles. The highest BCUT2D eigenvalue weighted by Gasteiger charge is 2.29. The molecule has 0 unspecified atom stereocenters. The number of amides is 3. The summed E-state index contributed by atoms with van der Waals surface area (Å²) in [6.07, 6.45) is 1.60. The van der Waals surface area contributed by atoms with Gasteiger partial charge < -0.3 is 15.5 Å². The zero-order valence-corrected chi connectivity index (χ0v) is 12.8. The SMILES string of the molecule is CN(CC(=O)N1CCC[C@@H](C(=O)c2cccs2)C1)C(N)=O. The van der Waals surface area contributed by atoms with Gasteiger partial charge in [0.1, 0.15) is 6.54 Å². The molecule has 3 amide bonds. The van der Waals surface area contributed by atoms with Gasteiger partial charge in [-0.15, -0.1) is 11.3 Å². The zero-order valence-electron chi connectivity index (χ0n) is 11.9. The zero-order chi connectivity index (χ0) is 15.4. The minimum Gasteiger partial charge on any atom is -0.351 e. The topological polar surface area (TPSA) is 83.7 Å². The highest BCUT2D eigenvalue weighted by atomic mass is 32.1. The molecule has 1 aromatic rings. The van der Waals surface area contributed by atoms with E-state index in [9.17, 15) is 14.4 Å². The molecule has 21 heavy (non-hydrogen) atoms. The Hall–Kier alpha value is -1.89. The maximum Gasteiger partial charge on any atom is 0.314 e. The van der Waals surface area contributed by atoms with Crippen molar-refractivity contribution in [3.8, 4) is 0 Å². The Labute approximate surface area is 127 Å². The molecule has 1 aromatic heterocycles. The Morgan fingerprint density at radius 2 is 2.24 bits per heavy atom. The molecule has 6 nitrogen and oxygen atoms in total. The van der Waals surface area contributed by atoms with E-state index >= 15 is 0 Å². The number of hydrogen-bond acceptors (Lipinski definition) is 4. The Kier molecular flexibility index (Phi) is 4.95. The number of likely N-dealkylation sites (N-methyl/N-ethyl adjacent to an activating group) is 1. The Balaban J connectivity index is 1.96. The molecule has 0 bridgehead atoms. The standard InChI is InChI=1S/C14H19N3O3S/c1-16(14(15)20)9-12(18)17-6-2-4-10(8-17)13(19)11-5-3-7-21-11/h3,5,7,10H,2,4,6,8-9H2,1H3,(H2,15,20)/t10-/m1/s1. The van der Waals surface area contributed by atoms with Gasteiger partial charge in [-0.25, -0.2) is 4.79 Å². The van der Waals surface area contributed by atoms with Crippen molar-refractivity contribution >= 4 is 29.1 Å². The normalized spacial score (nSPS) is 18.3. The van der Waals surface area contributed by atoms with E-state index in [0.29, 0.717) is 13.1 Å². The molecule has 0 spiro atoms. The van der Waals surface area contributed by atoms with Gasteiger partial charge in [-0.3, -0.25) is 9.59 Å². The third kappa shape index (κ3) is 3.81. The van der Waals surface area contributed by atoms with Crippen LogP contribution >= 0.6 is 11.3 Å². The molecule has 1 saturated heterocycles. The Morgan fingerprint density at radius 3 is 2.86 bits per heavy atom. The molecular weight excluding hydrogens is 290 g/mol. The molecule has 114 valence electrons. The largest absolute Gasteiger partial charge is 0.351 e. The van der Waals surface area contributed by atoms with Gasteiger partial charge >= 0.3 is 6.03 Å². The third-order valence-electron chi connectivity index (χ3n) is 3.66. The first kappa shape index (κ1) is 15.5. The predicted molar refractivity (Wildman–Crippen MR) is 80.2 cm³/mol. The van der Waals surface area contributed by atoms with Gasteiger partial charge in [0.25, 0.3) is 0 Å². The molecule has 7 heteroatoms. The third-order valence-corrected chi connectivity index (χ3v) is 4.54. The maximum absolute atomic E-state index is 12.3. The lowest BCUT2D eigenvalue weighted by Crippen LogP contribution is -2.47. The molecular formula is C14H19N3O3S. The molecule has 1 atom stereocenters. The number of nitrogens with zero attached hydrogens (tertiary/aromatic N) is 2. The number of primary amides is 1. The van der Waals surface area contributed by atoms with Crippen LogP contribution in [0.2, 0.25) is 0 Å². The minimum absolute atomic E-state index is 0.0464. The number of ketones is 1. The number of carbonyl (C=O) groups excluding carboxylic acids is 3. The van der Waals surface area contributed by atoms with Gasteiger partial charge in [0.15, 0.2) is 5.78 Å². The van der Waals surface area contributed by atoms with Crippen LogP contribution < -0.4 is 5.73 Å². The van der Waals surface area contributed by atoms with Crippen LogP contribution in [0.25, 0.3) is 0 Å². The van der Waals surface area contributed by atoms with Crippen molar-refractivity contribution in [1.29, 1.82) is 0 Å². The highest BCUT2D eigenvalue weighted by Crippen LogP contribution is 2.23. The van der Waals surface area contributed by atoms with Crippen molar-refractivity contribution in [1.82, 2.24) is 9.80 Å². The van der Waals surface area contributed by atoms with Gasteiger partial charge in [0, 0.05) is 26.1 Å². The van der Waals surface area contributed by atoms with E-state index in [1.807, 2.05) is 17.5 Å². The van der Waals surface area contributed by atoms with E-state index < -0.39 is 6.03 Å². The van der Waals surface area contributed by atoms with Crippen molar-refractivity contribution in [3.63, 3.8) is 0 Å². The lowest BCUT2D eigenvalue weighted by atomic mass is 9.93. The average molecular weight is 309 g/mol. The highest BCUT2D eigenvalue weighted by molar-refractivity contribution is 7.12. The summed E-state index contributed by atoms with van der Waals surface area (Å²) in [4.78, 5) is 39.0. The monoisotopic (exact) mass is 309 g/mol. The van der Waals surface area contributed by atoms with Crippen molar-refractivity contribution in [2.45, 2.75) is 12.8 Å². The molecule has 0 saturated carbocycles. The van der Waals surface area contributed by atoms with Gasteiger partial charge in [0.05, 0.1) is 4.88 Å². The fourth-order valence-electron chi connectivity index (χ4n) is 2.42. The smallest absolute Gasteiger partial charge is 0.314 e. The molecule has 1 aliphatic rings. The molecule has 2 rings (SSSR count). The van der Waals surface area contributed by atoms with Crippen LogP contribution in [-0.4, -0.2) is 54.2 Å². The van der Waals surface area contributed by atoms with Crippen LogP contribution in [0, 0.1) is 5.92 Å². The Bertz CT molecular complexity index is 530. The molecule has 1 aliphatic heterocycles. The first-order valence-corrected chi connectivity index (χ1v) is 7.73. The van der Waals surface area contributed by atoms with Crippen LogP contribution in [0.4, 0.5) is 4.79 Å². The van der Waals surface area contributed by atoms with E-state index in [4.69, 9.17) is 5.73 Å². The van der Waals surface area contributed by atoms with Gasteiger partial charge in [-0.1, -0.05) is 6.07 Å². The van der Waals surface area contributed by atoms with E-state index in [1.54, 1.807) is 4.90 Å². The lowest BCUT2D eigenvalue weighted by molar-refractivity contribution is -0.133. The lowest BCUT2D eigenvalue weighted by Gasteiger charge is -2.32. The van der Waals surface area contributed by atoms with Gasteiger partial charge in [-0.2, -0.15) is 0 Å². The number of Topliss-reactive ketones (excluding diaryl/α,β-unsaturated/α-hetero) is 1. The second kappa shape index (κ2) is 6.71. The quantitative estimate of drug-likeness (QED) is 0.848. The number of piperidine rings is 1. The first-order valence-electron chi connectivity index (χ1n) is 6.85. The van der Waals surface area contributed by atoms with Gasteiger partial charge in [-0.05, 0) is 24.3 Å². The average Bonchev–Trinajstić information content (AvgIpc) is 3.00. The summed E-state index contributed by atoms with van der Waals surface area (Å²) in [5.74, 6) is -0.217. The van der Waals surface area contributed by atoms with E-state index in [1.165, 1.54) is 23.3 Å². The van der Waals surface area contributed by atoms with Gasteiger partial charge in [0.2, 0.25) is 5.91 Å². The summed E-state index contributed by atoms with van der Waals surface area (Å²) in [7, 11) is 1.48. The second-order valence-electron chi connectivity index (χ2n) is 5.21. The molecule has 2 N–H and O–H groups in total. The predicted octanol–water partition coefficient (Wildman–Crippen LogP) is 1.18. The number of likely N-dealkylation sites (tertiary alicyclic amines) is 1. The fourth-order valence-corrected chi connectivity index (χ4v) is 3.16. The summed E-state index contributed by atoms with van der Waals surface area (Å²) in [5, 5.41) is 1.88. The van der Waals surface area contributed by atoms with Crippen molar-refractivity contribution in [3.05, 3.63) is 22.4 Å². The van der Waals surface area contributed by atoms with Crippen molar-refractivity contribution in [2.75, 3.05) is 26.7 Å². The minimum atomic E-state index is -0.633. The van der Waals surface area contributed by atoms with Crippen LogP contribution in [0.3, 0.4) is 0 Å². The number of thiophene rings is 1. The number of urea groups is 1. The van der Waals surface area contributed by atoms with Crippen molar-refractivity contribution in [2.24, 2.45) is 11.7 Å². The summed E-state index contributed by atoms with van der Waals surface area (Å²) < 4.78 is 0. The summed E-state index contributed by atoms with van der Waals surface area (Å²) in [6, 6.07) is 3.03. The second-order valence-corrected chi connectivity index (χ2v) is 6.16. The first-order chi connectivity index (χ1) is 9.99. The van der Waals surface area contributed by atoms with E-state index in [-0.39, 0.29) is 24.2 Å². The molecule has 0 aromatic carbocycles. The van der Waals surface area contributed by atoms with Crippen molar-refractivity contribution < 1.29 is 14.4 Å². The van der Waals surface area contributed by atoms with Crippen LogP contribution in [0.5, 0.6) is 0 Å². The summed E-state index contributed by atoms with van der Waals surface area (Å²) in [6.45, 7) is 0.997. The van der Waals surface area contributed by atoms with E-state index in [2.05, 4.69) is 0 Å².